The number of nitrogens with one attached hydrogen (secondary N) is 1. The zero-order valence-corrected chi connectivity index (χ0v) is 13.7. The minimum absolute atomic E-state index is 0.195. The molecule has 1 unspecified atom stereocenters. The van der Waals surface area contributed by atoms with Gasteiger partial charge in [-0.1, -0.05) is 0 Å². The molecule has 0 aromatic heterocycles. The lowest BCUT2D eigenvalue weighted by Crippen LogP contribution is -2.38. The van der Waals surface area contributed by atoms with Crippen LogP contribution >= 0.6 is 0 Å². The number of hydrogen-bond donors (Lipinski definition) is 1. The lowest BCUT2D eigenvalue weighted by Gasteiger charge is -2.24. The molecule has 0 radical (unpaired) electrons. The number of amides is 1. The topological polar surface area (TPSA) is 50.8 Å². The van der Waals surface area contributed by atoms with Gasteiger partial charge in [0.25, 0.3) is 0 Å². The van der Waals surface area contributed by atoms with E-state index in [4.69, 9.17) is 9.47 Å². The summed E-state index contributed by atoms with van der Waals surface area (Å²) in [6.45, 7) is 9.97. The van der Waals surface area contributed by atoms with E-state index in [1.807, 2.05) is 20.8 Å². The molecule has 5 nitrogen and oxygen atoms in total. The van der Waals surface area contributed by atoms with E-state index in [0.717, 1.165) is 51.6 Å². The van der Waals surface area contributed by atoms with Crippen molar-refractivity contribution in [3.8, 4) is 0 Å². The summed E-state index contributed by atoms with van der Waals surface area (Å²) in [5, 5.41) is 3.50. The van der Waals surface area contributed by atoms with Crippen LogP contribution in [0.3, 0.4) is 0 Å². The first-order valence-electron chi connectivity index (χ1n) is 8.23. The third kappa shape index (κ3) is 6.66. The standard InChI is InChI=1S/C16H30N2O3/c1-16(2,3)21-15(19)18-9-7-14(11-18)17-8-4-10-20-12-13-5-6-13/h13-14,17H,4-12H2,1-3H3. The van der Waals surface area contributed by atoms with Gasteiger partial charge in [0.1, 0.15) is 5.60 Å². The molecule has 1 heterocycles. The molecule has 1 atom stereocenters. The Labute approximate surface area is 128 Å². The van der Waals surface area contributed by atoms with Gasteiger partial charge in [0.05, 0.1) is 0 Å². The molecule has 0 spiro atoms. The minimum Gasteiger partial charge on any atom is -0.444 e. The normalized spacial score (nSPS) is 22.6. The fourth-order valence-electron chi connectivity index (χ4n) is 2.43. The predicted octanol–water partition coefficient (Wildman–Crippen LogP) is 2.40. The zero-order chi connectivity index (χ0) is 15.3. The van der Waals surface area contributed by atoms with Crippen LogP contribution in [0.5, 0.6) is 0 Å². The largest absolute Gasteiger partial charge is 0.444 e. The molecule has 2 aliphatic rings. The van der Waals surface area contributed by atoms with E-state index in [0.29, 0.717) is 6.04 Å². The Kier molecular flexibility index (Phi) is 5.88. The number of nitrogens with zero attached hydrogens (tertiary/aromatic N) is 1. The van der Waals surface area contributed by atoms with Gasteiger partial charge in [0.15, 0.2) is 0 Å². The van der Waals surface area contributed by atoms with Crippen LogP contribution in [0.1, 0.15) is 46.5 Å². The van der Waals surface area contributed by atoms with Crippen molar-refractivity contribution >= 4 is 6.09 Å². The van der Waals surface area contributed by atoms with E-state index in [-0.39, 0.29) is 6.09 Å². The van der Waals surface area contributed by atoms with Crippen molar-refractivity contribution < 1.29 is 14.3 Å². The summed E-state index contributed by atoms with van der Waals surface area (Å²) >= 11 is 0. The van der Waals surface area contributed by atoms with Crippen molar-refractivity contribution in [3.05, 3.63) is 0 Å². The smallest absolute Gasteiger partial charge is 0.410 e. The predicted molar refractivity (Wildman–Crippen MR) is 82.4 cm³/mol. The molecule has 5 heteroatoms. The van der Waals surface area contributed by atoms with Gasteiger partial charge in [-0.05, 0) is 58.9 Å². The van der Waals surface area contributed by atoms with Crippen LogP contribution < -0.4 is 5.32 Å². The second kappa shape index (κ2) is 7.45. The molecule has 1 saturated heterocycles. The molecule has 2 fully saturated rings. The summed E-state index contributed by atoms with van der Waals surface area (Å²) in [6, 6.07) is 0.390. The van der Waals surface area contributed by atoms with E-state index < -0.39 is 5.60 Å². The Morgan fingerprint density at radius 3 is 2.71 bits per heavy atom. The Bertz CT molecular complexity index is 337. The first-order chi connectivity index (χ1) is 9.94. The molecule has 1 amide bonds. The van der Waals surface area contributed by atoms with E-state index in [1.54, 1.807) is 4.90 Å². The van der Waals surface area contributed by atoms with E-state index in [2.05, 4.69) is 5.32 Å². The highest BCUT2D eigenvalue weighted by Crippen LogP contribution is 2.28. The highest BCUT2D eigenvalue weighted by Gasteiger charge is 2.29. The van der Waals surface area contributed by atoms with Crippen LogP contribution in [-0.4, -0.2) is 55.5 Å². The van der Waals surface area contributed by atoms with Crippen molar-refractivity contribution in [3.63, 3.8) is 0 Å². The number of hydrogen-bond acceptors (Lipinski definition) is 4. The maximum atomic E-state index is 11.9. The zero-order valence-electron chi connectivity index (χ0n) is 13.7. The first kappa shape index (κ1) is 16.6. The van der Waals surface area contributed by atoms with Crippen molar-refractivity contribution in [1.82, 2.24) is 10.2 Å². The molecular weight excluding hydrogens is 268 g/mol. The van der Waals surface area contributed by atoms with Gasteiger partial charge in [-0.3, -0.25) is 0 Å². The summed E-state index contributed by atoms with van der Waals surface area (Å²) < 4.78 is 11.0. The molecule has 1 aliphatic carbocycles. The van der Waals surface area contributed by atoms with Gasteiger partial charge in [-0.25, -0.2) is 4.79 Å². The number of ether oxygens (including phenoxy) is 2. The Morgan fingerprint density at radius 2 is 2.05 bits per heavy atom. The van der Waals surface area contributed by atoms with Crippen LogP contribution in [0.2, 0.25) is 0 Å². The van der Waals surface area contributed by atoms with E-state index in [1.165, 1.54) is 12.8 Å². The summed E-state index contributed by atoms with van der Waals surface area (Å²) in [6.07, 6.45) is 4.54. The molecule has 1 aliphatic heterocycles. The van der Waals surface area contributed by atoms with Crippen LogP contribution in [0, 0.1) is 5.92 Å². The SMILES string of the molecule is CC(C)(C)OC(=O)N1CCC(NCCCOCC2CC2)C1. The van der Waals surface area contributed by atoms with Crippen molar-refractivity contribution in [2.45, 2.75) is 58.1 Å². The van der Waals surface area contributed by atoms with Crippen molar-refractivity contribution in [1.29, 1.82) is 0 Å². The number of rotatable bonds is 7. The molecule has 0 bridgehead atoms. The Hall–Kier alpha value is -0.810. The van der Waals surface area contributed by atoms with Gasteiger partial charge >= 0.3 is 6.09 Å². The maximum absolute atomic E-state index is 11.9. The summed E-state index contributed by atoms with van der Waals surface area (Å²) in [4.78, 5) is 13.7. The lowest BCUT2D eigenvalue weighted by atomic mass is 10.2. The average Bonchev–Trinajstić information content (AvgIpc) is 3.08. The van der Waals surface area contributed by atoms with Crippen LogP contribution in [0.25, 0.3) is 0 Å². The molecule has 0 aromatic rings. The van der Waals surface area contributed by atoms with Crippen LogP contribution in [-0.2, 0) is 9.47 Å². The second-order valence-electron chi connectivity index (χ2n) is 7.24. The van der Waals surface area contributed by atoms with E-state index in [9.17, 15) is 4.79 Å². The third-order valence-electron chi connectivity index (χ3n) is 3.79. The summed E-state index contributed by atoms with van der Waals surface area (Å²) in [5.74, 6) is 0.843. The molecule has 1 N–H and O–H groups in total. The average molecular weight is 298 g/mol. The second-order valence-corrected chi connectivity index (χ2v) is 7.24. The quantitative estimate of drug-likeness (QED) is 0.733. The molecule has 21 heavy (non-hydrogen) atoms. The Balaban J connectivity index is 1.51. The Morgan fingerprint density at radius 1 is 1.29 bits per heavy atom. The number of carbonyl (C=O) groups excluding carboxylic acids is 1. The lowest BCUT2D eigenvalue weighted by molar-refractivity contribution is 0.0291. The minimum atomic E-state index is -0.415. The highest BCUT2D eigenvalue weighted by atomic mass is 16.6. The van der Waals surface area contributed by atoms with Crippen LogP contribution in [0.15, 0.2) is 0 Å². The van der Waals surface area contributed by atoms with Crippen molar-refractivity contribution in [2.75, 3.05) is 32.8 Å². The molecule has 2 rings (SSSR count). The fourth-order valence-corrected chi connectivity index (χ4v) is 2.43. The number of carbonyl (C=O) groups is 1. The van der Waals surface area contributed by atoms with Gasteiger partial charge in [0.2, 0.25) is 0 Å². The highest BCUT2D eigenvalue weighted by molar-refractivity contribution is 5.68. The van der Waals surface area contributed by atoms with Crippen LogP contribution in [0.4, 0.5) is 4.79 Å². The van der Waals surface area contributed by atoms with Gasteiger partial charge in [-0.2, -0.15) is 0 Å². The molecular formula is C16H30N2O3. The molecule has 122 valence electrons. The van der Waals surface area contributed by atoms with Gasteiger partial charge in [0, 0.05) is 32.3 Å². The van der Waals surface area contributed by atoms with E-state index >= 15 is 0 Å². The monoisotopic (exact) mass is 298 g/mol. The van der Waals surface area contributed by atoms with Gasteiger partial charge < -0.3 is 19.7 Å². The molecule has 0 aromatic carbocycles. The summed E-state index contributed by atoms with van der Waals surface area (Å²) in [5.41, 5.74) is -0.415. The summed E-state index contributed by atoms with van der Waals surface area (Å²) in [7, 11) is 0. The fraction of sp³-hybridized carbons (Fsp3) is 0.938. The third-order valence-corrected chi connectivity index (χ3v) is 3.79. The molecule has 1 saturated carbocycles. The number of likely N-dealkylation sites (tertiary alicyclic amines) is 1. The van der Waals surface area contributed by atoms with Crippen molar-refractivity contribution in [2.24, 2.45) is 5.92 Å². The first-order valence-corrected chi connectivity index (χ1v) is 8.23. The maximum Gasteiger partial charge on any atom is 0.410 e. The van der Waals surface area contributed by atoms with Gasteiger partial charge in [-0.15, -0.1) is 0 Å².